The molecule has 32 heavy (non-hydrogen) atoms. The van der Waals surface area contributed by atoms with Crippen molar-refractivity contribution in [2.45, 2.75) is 50.3 Å². The van der Waals surface area contributed by atoms with Gasteiger partial charge in [0.1, 0.15) is 0 Å². The van der Waals surface area contributed by atoms with E-state index in [0.717, 1.165) is 26.2 Å². The molecule has 7 heteroatoms. The van der Waals surface area contributed by atoms with Gasteiger partial charge in [-0.2, -0.15) is 12.6 Å². The number of nitrogens with one attached hydrogen (secondary N) is 2. The van der Waals surface area contributed by atoms with Crippen molar-refractivity contribution < 1.29 is 9.59 Å². The first kappa shape index (κ1) is 21.6. The van der Waals surface area contributed by atoms with E-state index in [-0.39, 0.29) is 23.2 Å². The number of benzene rings is 2. The van der Waals surface area contributed by atoms with Crippen LogP contribution >= 0.6 is 12.6 Å². The average molecular weight is 451 g/mol. The molecule has 6 nitrogen and oxygen atoms in total. The van der Waals surface area contributed by atoms with Crippen LogP contribution in [0.2, 0.25) is 0 Å². The lowest BCUT2D eigenvalue weighted by Gasteiger charge is -2.37. The second-order valence-electron chi connectivity index (χ2n) is 9.09. The van der Waals surface area contributed by atoms with Crippen molar-refractivity contribution in [2.24, 2.45) is 0 Å². The Kier molecular flexibility index (Phi) is 6.07. The number of carbonyl (C=O) groups is 2. The minimum atomic E-state index is -0.301. The van der Waals surface area contributed by atoms with Gasteiger partial charge in [0, 0.05) is 45.2 Å². The number of hydrogen-bond donors (Lipinski definition) is 3. The Bertz CT molecular complexity index is 1040. The quantitative estimate of drug-likeness (QED) is 0.494. The van der Waals surface area contributed by atoms with Gasteiger partial charge in [0.25, 0.3) is 0 Å². The molecular weight excluding hydrogens is 420 g/mol. The molecule has 5 rings (SSSR count). The molecule has 0 saturated carbocycles. The smallest absolute Gasteiger partial charge is 0.243 e. The molecule has 0 aromatic heterocycles. The summed E-state index contributed by atoms with van der Waals surface area (Å²) in [5.74, 6) is -0.379. The third kappa shape index (κ3) is 4.10. The number of thiol groups is 1. The maximum absolute atomic E-state index is 12.4. The van der Waals surface area contributed by atoms with Crippen LogP contribution in [0.25, 0.3) is 0 Å². The second kappa shape index (κ2) is 8.98. The predicted molar refractivity (Wildman–Crippen MR) is 127 cm³/mol. The largest absolute Gasteiger partial charge is 0.314 e. The van der Waals surface area contributed by atoms with Gasteiger partial charge in [-0.3, -0.25) is 24.7 Å². The summed E-state index contributed by atoms with van der Waals surface area (Å²) in [5, 5.41) is 5.89. The third-order valence-corrected chi connectivity index (χ3v) is 7.63. The molecule has 3 aliphatic heterocycles. The van der Waals surface area contributed by atoms with Gasteiger partial charge >= 0.3 is 0 Å². The van der Waals surface area contributed by atoms with E-state index < -0.39 is 0 Å². The van der Waals surface area contributed by atoms with E-state index in [1.807, 2.05) is 0 Å². The number of piperidine rings is 1. The molecule has 2 aromatic carbocycles. The lowest BCUT2D eigenvalue weighted by molar-refractivity contribution is -0.137. The first-order valence-corrected chi connectivity index (χ1v) is 11.9. The molecule has 2 saturated heterocycles. The fourth-order valence-electron chi connectivity index (χ4n) is 5.31. The number of fused-ring (bicyclic) bond motifs is 1. The Morgan fingerprint density at radius 3 is 2.75 bits per heavy atom. The Balaban J connectivity index is 1.34. The van der Waals surface area contributed by atoms with Gasteiger partial charge in [-0.1, -0.05) is 42.5 Å². The van der Waals surface area contributed by atoms with E-state index in [9.17, 15) is 9.59 Å². The lowest BCUT2D eigenvalue weighted by atomic mass is 9.97. The highest BCUT2D eigenvalue weighted by molar-refractivity contribution is 7.80. The van der Waals surface area contributed by atoms with Crippen LogP contribution in [0.1, 0.15) is 52.1 Å². The lowest BCUT2D eigenvalue weighted by Crippen LogP contribution is -2.51. The standard InChI is InChI=1S/C25H30N4O2S/c1-16-4-2-3-5-19(16)22-13-26-10-11-28(22)14-17-6-7-18-15-29(25(32)20(18)12-17)21-8-9-23(30)27-24(21)31/h2-7,12,21-22,25-26,32H,8-11,13-15H2,1H3,(H,27,30,31). The summed E-state index contributed by atoms with van der Waals surface area (Å²) >= 11 is 4.88. The fraction of sp³-hybridized carbons (Fsp3) is 0.440. The number of carbonyl (C=O) groups excluding carboxylic acids is 2. The van der Waals surface area contributed by atoms with Crippen LogP contribution in [0.3, 0.4) is 0 Å². The van der Waals surface area contributed by atoms with Crippen molar-refractivity contribution in [3.8, 4) is 0 Å². The van der Waals surface area contributed by atoms with Gasteiger partial charge in [0.2, 0.25) is 11.8 Å². The Labute approximate surface area is 194 Å². The summed E-state index contributed by atoms with van der Waals surface area (Å²) in [7, 11) is 0. The summed E-state index contributed by atoms with van der Waals surface area (Å²) in [6, 6.07) is 15.4. The van der Waals surface area contributed by atoms with Crippen LogP contribution < -0.4 is 10.6 Å². The molecule has 3 heterocycles. The summed E-state index contributed by atoms with van der Waals surface area (Å²) in [5.41, 5.74) is 6.38. The molecule has 2 N–H and O–H groups in total. The number of hydrogen-bond acceptors (Lipinski definition) is 6. The molecule has 2 amide bonds. The molecule has 0 radical (unpaired) electrons. The summed E-state index contributed by atoms with van der Waals surface area (Å²) < 4.78 is 0. The monoisotopic (exact) mass is 450 g/mol. The molecule has 2 fully saturated rings. The number of imide groups is 1. The van der Waals surface area contributed by atoms with Gasteiger partial charge in [-0.15, -0.1) is 0 Å². The molecule has 3 atom stereocenters. The minimum absolute atomic E-state index is 0.135. The molecule has 0 bridgehead atoms. The van der Waals surface area contributed by atoms with E-state index >= 15 is 0 Å². The second-order valence-corrected chi connectivity index (χ2v) is 9.58. The summed E-state index contributed by atoms with van der Waals surface area (Å²) in [4.78, 5) is 28.6. The van der Waals surface area contributed by atoms with Crippen LogP contribution in [-0.4, -0.2) is 47.3 Å². The number of piperazine rings is 1. The Morgan fingerprint density at radius 2 is 1.94 bits per heavy atom. The van der Waals surface area contributed by atoms with Crippen LogP contribution in [-0.2, 0) is 22.7 Å². The molecule has 3 unspecified atom stereocenters. The molecule has 0 spiro atoms. The highest BCUT2D eigenvalue weighted by Gasteiger charge is 2.39. The summed E-state index contributed by atoms with van der Waals surface area (Å²) in [6.07, 6.45) is 0.944. The number of rotatable bonds is 4. The van der Waals surface area contributed by atoms with E-state index in [0.29, 0.717) is 25.4 Å². The number of nitrogens with zero attached hydrogens (tertiary/aromatic N) is 2. The van der Waals surface area contributed by atoms with Gasteiger partial charge in [0.15, 0.2) is 0 Å². The van der Waals surface area contributed by atoms with Gasteiger partial charge < -0.3 is 5.32 Å². The molecular formula is C25H30N4O2S. The van der Waals surface area contributed by atoms with Gasteiger partial charge in [-0.25, -0.2) is 0 Å². The molecule has 3 aliphatic rings. The zero-order valence-electron chi connectivity index (χ0n) is 18.4. The zero-order valence-corrected chi connectivity index (χ0v) is 19.3. The van der Waals surface area contributed by atoms with Crippen LogP contribution in [0.15, 0.2) is 42.5 Å². The van der Waals surface area contributed by atoms with E-state index in [2.05, 4.69) is 69.8 Å². The Hall–Kier alpha value is -2.19. The van der Waals surface area contributed by atoms with Crippen molar-refractivity contribution in [1.82, 2.24) is 20.4 Å². The Morgan fingerprint density at radius 1 is 1.09 bits per heavy atom. The van der Waals surface area contributed by atoms with E-state index in [4.69, 9.17) is 12.6 Å². The first-order valence-electron chi connectivity index (χ1n) is 11.4. The maximum Gasteiger partial charge on any atom is 0.243 e. The highest BCUT2D eigenvalue weighted by atomic mass is 32.1. The van der Waals surface area contributed by atoms with Crippen molar-refractivity contribution >= 4 is 24.4 Å². The predicted octanol–water partition coefficient (Wildman–Crippen LogP) is 2.69. The summed E-state index contributed by atoms with van der Waals surface area (Å²) in [6.45, 7) is 6.71. The van der Waals surface area contributed by atoms with Crippen LogP contribution in [0, 0.1) is 6.92 Å². The minimum Gasteiger partial charge on any atom is -0.314 e. The van der Waals surface area contributed by atoms with Crippen LogP contribution in [0.4, 0.5) is 0 Å². The first-order chi connectivity index (χ1) is 15.5. The van der Waals surface area contributed by atoms with Crippen molar-refractivity contribution in [3.63, 3.8) is 0 Å². The highest BCUT2D eigenvalue weighted by Crippen LogP contribution is 2.40. The normalized spacial score (nSPS) is 26.8. The van der Waals surface area contributed by atoms with Crippen molar-refractivity contribution in [2.75, 3.05) is 19.6 Å². The molecule has 2 aromatic rings. The van der Waals surface area contributed by atoms with Crippen molar-refractivity contribution in [3.05, 3.63) is 70.3 Å². The third-order valence-electron chi connectivity index (χ3n) is 7.05. The molecule has 168 valence electrons. The SMILES string of the molecule is Cc1ccccc1C1CNCCN1Cc1ccc2c(c1)C(S)N(C1CCC(=O)NC1=O)C2. The topological polar surface area (TPSA) is 64.7 Å². The van der Waals surface area contributed by atoms with Crippen molar-refractivity contribution in [1.29, 1.82) is 0 Å². The molecule has 0 aliphatic carbocycles. The van der Waals surface area contributed by atoms with Gasteiger partial charge in [-0.05, 0) is 41.2 Å². The van der Waals surface area contributed by atoms with Crippen LogP contribution in [0.5, 0.6) is 0 Å². The van der Waals surface area contributed by atoms with E-state index in [1.165, 1.54) is 27.8 Å². The fourth-order valence-corrected chi connectivity index (χ4v) is 5.79. The number of aryl methyl sites for hydroxylation is 1. The maximum atomic E-state index is 12.4. The van der Waals surface area contributed by atoms with E-state index in [1.54, 1.807) is 0 Å². The number of amides is 2. The average Bonchev–Trinajstić information content (AvgIpc) is 3.10. The van der Waals surface area contributed by atoms with Gasteiger partial charge in [0.05, 0.1) is 11.4 Å². The zero-order chi connectivity index (χ0) is 22.2.